The van der Waals surface area contributed by atoms with Gasteiger partial charge in [0, 0.05) is 20.0 Å². The second-order valence-corrected chi connectivity index (χ2v) is 15.3. The van der Waals surface area contributed by atoms with E-state index in [0.29, 0.717) is 12.8 Å². The van der Waals surface area contributed by atoms with Crippen LogP contribution in [0.5, 0.6) is 0 Å². The number of phosphoric acid groups is 1. The number of allylic oxidation sites excluding steroid dienone is 14. The van der Waals surface area contributed by atoms with E-state index >= 15 is 0 Å². The molecule has 0 radical (unpaired) electrons. The fraction of sp³-hybridized carbons (Fsp3) is 0.652. The summed E-state index contributed by atoms with van der Waals surface area (Å²) in [5.41, 5.74) is 0. The van der Waals surface area contributed by atoms with Gasteiger partial charge >= 0.3 is 19.8 Å². The molecule has 0 aliphatic heterocycles. The topological polar surface area (TPSA) is 108 Å². The Balaban J connectivity index is 4.11. The molecule has 8 nitrogen and oxygen atoms in total. The molecule has 9 heteroatoms. The molecule has 2 atom stereocenters. The van der Waals surface area contributed by atoms with Crippen LogP contribution < -0.4 is 0 Å². The number of carbonyl (C=O) groups excluding carboxylic acids is 2. The molecule has 0 aromatic carbocycles. The van der Waals surface area contributed by atoms with Crippen molar-refractivity contribution in [3.05, 3.63) is 85.1 Å². The van der Waals surface area contributed by atoms with E-state index in [9.17, 15) is 19.0 Å². The highest BCUT2D eigenvalue weighted by molar-refractivity contribution is 7.47. The lowest BCUT2D eigenvalue weighted by atomic mass is 10.1. The van der Waals surface area contributed by atoms with E-state index in [1.54, 1.807) is 0 Å². The predicted molar refractivity (Wildman–Crippen MR) is 230 cm³/mol. The monoisotopic (exact) mass is 789 g/mol. The standard InChI is InChI=1S/C46H77O8P/c1-4-6-8-10-12-14-16-18-20-22-23-25-26-28-30-32-34-36-38-40-45(47)52-42-44(43-53-55(49,50)51-3)54-46(48)41-39-37-35-33-31-29-27-24-21-19-17-15-13-11-9-7-5-2/h7,9,12-15,18-21,27,29,33,35,44H,4-6,8,10-11,16-17,22-26,28,30-32,34,36-43H2,1-3H3,(H,49,50)/b9-7-,14-12-,15-13-,20-18-,21-19-,29-27-,35-33-. The first kappa shape index (κ1) is 52.2. The van der Waals surface area contributed by atoms with Crippen LogP contribution in [0.2, 0.25) is 0 Å². The van der Waals surface area contributed by atoms with Gasteiger partial charge in [-0.25, -0.2) is 4.57 Å². The highest BCUT2D eigenvalue weighted by atomic mass is 31.2. The van der Waals surface area contributed by atoms with Crippen molar-refractivity contribution in [2.24, 2.45) is 0 Å². The molecule has 314 valence electrons. The van der Waals surface area contributed by atoms with E-state index in [2.05, 4.69) is 97.4 Å². The molecule has 55 heavy (non-hydrogen) atoms. The maximum absolute atomic E-state index is 12.5. The van der Waals surface area contributed by atoms with Crippen molar-refractivity contribution >= 4 is 19.8 Å². The summed E-state index contributed by atoms with van der Waals surface area (Å²) in [5.74, 6) is -0.883. The van der Waals surface area contributed by atoms with Crippen molar-refractivity contribution in [2.45, 2.75) is 174 Å². The van der Waals surface area contributed by atoms with Gasteiger partial charge in [0.05, 0.1) is 6.61 Å². The number of unbranched alkanes of at least 4 members (excludes halogenated alkanes) is 13. The summed E-state index contributed by atoms with van der Waals surface area (Å²) < 4.78 is 31.9. The van der Waals surface area contributed by atoms with Gasteiger partial charge in [-0.1, -0.05) is 157 Å². The quantitative estimate of drug-likeness (QED) is 0.0285. The average molecular weight is 789 g/mol. The minimum absolute atomic E-state index is 0.161. The molecule has 0 aromatic heterocycles. The van der Waals surface area contributed by atoms with Gasteiger partial charge in [0.2, 0.25) is 0 Å². The van der Waals surface area contributed by atoms with Crippen molar-refractivity contribution in [1.29, 1.82) is 0 Å². The van der Waals surface area contributed by atoms with Crippen LogP contribution in [0.3, 0.4) is 0 Å². The van der Waals surface area contributed by atoms with Gasteiger partial charge in [-0.05, 0) is 83.5 Å². The van der Waals surface area contributed by atoms with Crippen LogP contribution in [0.25, 0.3) is 0 Å². The maximum atomic E-state index is 12.5. The molecule has 0 aromatic rings. The van der Waals surface area contributed by atoms with Crippen LogP contribution in [-0.4, -0.2) is 43.3 Å². The van der Waals surface area contributed by atoms with Gasteiger partial charge in [-0.3, -0.25) is 18.6 Å². The zero-order valence-corrected chi connectivity index (χ0v) is 35.7. The Labute approximate surface area is 335 Å². The van der Waals surface area contributed by atoms with Gasteiger partial charge in [-0.2, -0.15) is 0 Å². The van der Waals surface area contributed by atoms with Gasteiger partial charge in [-0.15, -0.1) is 0 Å². The minimum Gasteiger partial charge on any atom is -0.462 e. The molecule has 0 heterocycles. The lowest BCUT2D eigenvalue weighted by Crippen LogP contribution is -2.29. The Kier molecular flexibility index (Phi) is 38.8. The summed E-state index contributed by atoms with van der Waals surface area (Å²) >= 11 is 0. The third-order valence-corrected chi connectivity index (χ3v) is 9.56. The first-order chi connectivity index (χ1) is 26.8. The van der Waals surface area contributed by atoms with Crippen molar-refractivity contribution < 1.29 is 37.6 Å². The van der Waals surface area contributed by atoms with Gasteiger partial charge in [0.1, 0.15) is 6.61 Å². The van der Waals surface area contributed by atoms with Crippen LogP contribution in [-0.2, 0) is 32.7 Å². The molecule has 0 saturated heterocycles. The lowest BCUT2D eigenvalue weighted by molar-refractivity contribution is -0.161. The minimum atomic E-state index is -4.28. The number of carbonyl (C=O) groups is 2. The number of esters is 2. The van der Waals surface area contributed by atoms with Gasteiger partial charge < -0.3 is 14.4 Å². The molecule has 2 unspecified atom stereocenters. The Morgan fingerprint density at radius 1 is 0.527 bits per heavy atom. The number of phosphoric ester groups is 1. The Bertz CT molecular complexity index is 1170. The summed E-state index contributed by atoms with van der Waals surface area (Å²) in [6, 6.07) is 0. The number of ether oxygens (including phenoxy) is 2. The van der Waals surface area contributed by atoms with E-state index in [0.717, 1.165) is 77.7 Å². The third kappa shape index (κ3) is 40.7. The molecule has 0 amide bonds. The van der Waals surface area contributed by atoms with E-state index < -0.39 is 32.5 Å². The SMILES string of the molecule is CC/C=C\C/C=C\C/C=C\C/C=C\C/C=C\CCCC(=O)OC(COC(=O)CCCCCCCCCCC/C=C\C/C=C\CCCCC)COP(=O)(O)OC. The van der Waals surface area contributed by atoms with Crippen molar-refractivity contribution in [1.82, 2.24) is 0 Å². The molecular formula is C46H77O8P. The van der Waals surface area contributed by atoms with Crippen LogP contribution in [0.1, 0.15) is 168 Å². The van der Waals surface area contributed by atoms with Gasteiger partial charge in [0.25, 0.3) is 0 Å². The zero-order chi connectivity index (χ0) is 40.3. The lowest BCUT2D eigenvalue weighted by Gasteiger charge is -2.19. The highest BCUT2D eigenvalue weighted by Gasteiger charge is 2.24. The highest BCUT2D eigenvalue weighted by Crippen LogP contribution is 2.42. The van der Waals surface area contributed by atoms with Crippen LogP contribution in [0, 0.1) is 0 Å². The summed E-state index contributed by atoms with van der Waals surface area (Å²) in [5, 5.41) is 0. The normalized spacial score (nSPS) is 14.2. The molecule has 0 spiro atoms. The van der Waals surface area contributed by atoms with Crippen LogP contribution in [0.15, 0.2) is 85.1 Å². The van der Waals surface area contributed by atoms with E-state index in [1.165, 1.54) is 57.8 Å². The molecule has 0 rings (SSSR count). The average Bonchev–Trinajstić information content (AvgIpc) is 3.18. The van der Waals surface area contributed by atoms with E-state index in [-0.39, 0.29) is 19.4 Å². The van der Waals surface area contributed by atoms with Crippen LogP contribution >= 0.6 is 7.82 Å². The fourth-order valence-corrected chi connectivity index (χ4v) is 5.83. The molecule has 0 aliphatic rings. The maximum Gasteiger partial charge on any atom is 0.472 e. The Morgan fingerprint density at radius 2 is 0.945 bits per heavy atom. The molecular weight excluding hydrogens is 711 g/mol. The Hall–Kier alpha value is -2.77. The number of hydrogen-bond acceptors (Lipinski definition) is 7. The predicted octanol–water partition coefficient (Wildman–Crippen LogP) is 13.5. The first-order valence-electron chi connectivity index (χ1n) is 21.3. The molecule has 0 saturated carbocycles. The number of hydrogen-bond donors (Lipinski definition) is 1. The summed E-state index contributed by atoms with van der Waals surface area (Å²) in [7, 11) is -3.24. The molecule has 0 fully saturated rings. The Morgan fingerprint density at radius 3 is 1.44 bits per heavy atom. The van der Waals surface area contributed by atoms with Crippen molar-refractivity contribution in [2.75, 3.05) is 20.3 Å². The molecule has 0 aliphatic carbocycles. The smallest absolute Gasteiger partial charge is 0.462 e. The fourth-order valence-electron chi connectivity index (χ4n) is 5.37. The molecule has 1 N–H and O–H groups in total. The van der Waals surface area contributed by atoms with Gasteiger partial charge in [0.15, 0.2) is 6.10 Å². The summed E-state index contributed by atoms with van der Waals surface area (Å²) in [6.07, 6.45) is 53.5. The summed E-state index contributed by atoms with van der Waals surface area (Å²) in [6.45, 7) is 3.69. The van der Waals surface area contributed by atoms with Crippen molar-refractivity contribution in [3.63, 3.8) is 0 Å². The second-order valence-electron chi connectivity index (χ2n) is 13.7. The van der Waals surface area contributed by atoms with Crippen LogP contribution in [0.4, 0.5) is 0 Å². The zero-order valence-electron chi connectivity index (χ0n) is 34.8. The van der Waals surface area contributed by atoms with E-state index in [4.69, 9.17) is 14.0 Å². The molecule has 0 bridgehead atoms. The summed E-state index contributed by atoms with van der Waals surface area (Å²) in [4.78, 5) is 34.5. The number of rotatable bonds is 38. The van der Waals surface area contributed by atoms with Crippen molar-refractivity contribution in [3.8, 4) is 0 Å². The largest absolute Gasteiger partial charge is 0.472 e. The second kappa shape index (κ2) is 40.9. The third-order valence-electron chi connectivity index (χ3n) is 8.62. The first-order valence-corrected chi connectivity index (χ1v) is 22.8. The van der Waals surface area contributed by atoms with E-state index in [1.807, 2.05) is 6.08 Å².